The molecule has 0 spiro atoms. The zero-order chi connectivity index (χ0) is 10.6. The Morgan fingerprint density at radius 3 is 2.00 bits per heavy atom. The standard InChI is InChI=1S/C9H25NOSi2/c1-8-11-12(4)10(9(2)3)13(5,6)7/h9,12H,8H2,1-7H3. The van der Waals surface area contributed by atoms with E-state index in [9.17, 15) is 0 Å². The summed E-state index contributed by atoms with van der Waals surface area (Å²) in [7, 11) is -2.28. The lowest BCUT2D eigenvalue weighted by Crippen LogP contribution is -2.57. The first-order valence-electron chi connectivity index (χ1n) is 5.20. The van der Waals surface area contributed by atoms with Gasteiger partial charge in [-0.1, -0.05) is 33.5 Å². The summed E-state index contributed by atoms with van der Waals surface area (Å²) in [5.74, 6) is 0. The zero-order valence-electron chi connectivity index (χ0n) is 10.2. The third-order valence-corrected chi connectivity index (χ3v) is 9.81. The quantitative estimate of drug-likeness (QED) is 0.659. The van der Waals surface area contributed by atoms with Crippen LogP contribution in [0.5, 0.6) is 0 Å². The Balaban J connectivity index is 4.42. The maximum Gasteiger partial charge on any atom is 0.245 e. The van der Waals surface area contributed by atoms with Gasteiger partial charge in [0.15, 0.2) is 0 Å². The molecule has 0 saturated heterocycles. The summed E-state index contributed by atoms with van der Waals surface area (Å²) in [5, 5.41) is 0. The Bertz CT molecular complexity index is 145. The van der Waals surface area contributed by atoms with Gasteiger partial charge in [0, 0.05) is 6.61 Å². The molecule has 2 nitrogen and oxygen atoms in total. The van der Waals surface area contributed by atoms with E-state index < -0.39 is 17.4 Å². The fourth-order valence-corrected chi connectivity index (χ4v) is 9.68. The molecule has 4 heteroatoms. The normalized spacial score (nSPS) is 15.5. The molecule has 80 valence electrons. The highest BCUT2D eigenvalue weighted by atomic mass is 28.4. The van der Waals surface area contributed by atoms with E-state index in [1.165, 1.54) is 0 Å². The molecule has 0 aliphatic heterocycles. The second-order valence-electron chi connectivity index (χ2n) is 4.73. The summed E-state index contributed by atoms with van der Waals surface area (Å²) in [6.07, 6.45) is 0. The van der Waals surface area contributed by atoms with E-state index in [4.69, 9.17) is 4.43 Å². The van der Waals surface area contributed by atoms with Crippen LogP contribution in [0.4, 0.5) is 0 Å². The average molecular weight is 219 g/mol. The maximum absolute atomic E-state index is 5.79. The predicted octanol–water partition coefficient (Wildman–Crippen LogP) is 2.42. The molecule has 0 aliphatic rings. The van der Waals surface area contributed by atoms with Crippen LogP contribution in [0.25, 0.3) is 0 Å². The van der Waals surface area contributed by atoms with Crippen molar-refractivity contribution in [3.63, 3.8) is 0 Å². The molecule has 0 amide bonds. The Labute approximate surface area is 86.2 Å². The predicted molar refractivity (Wildman–Crippen MR) is 65.0 cm³/mol. The van der Waals surface area contributed by atoms with Crippen LogP contribution in [0.2, 0.25) is 26.2 Å². The Morgan fingerprint density at radius 1 is 1.31 bits per heavy atom. The monoisotopic (exact) mass is 219 g/mol. The molecule has 0 aliphatic carbocycles. The SMILES string of the molecule is CCO[SiH](C)N(C(C)C)[Si](C)(C)C. The minimum absolute atomic E-state index is 0.639. The minimum Gasteiger partial charge on any atom is -0.406 e. The van der Waals surface area contributed by atoms with E-state index >= 15 is 0 Å². The molecule has 0 N–H and O–H groups in total. The van der Waals surface area contributed by atoms with Crippen molar-refractivity contribution in [2.75, 3.05) is 6.61 Å². The molecule has 0 radical (unpaired) electrons. The maximum atomic E-state index is 5.79. The molecular weight excluding hydrogens is 194 g/mol. The van der Waals surface area contributed by atoms with Crippen LogP contribution in [0.1, 0.15) is 20.8 Å². The first-order chi connectivity index (χ1) is 5.80. The van der Waals surface area contributed by atoms with Crippen LogP contribution in [-0.2, 0) is 4.43 Å². The van der Waals surface area contributed by atoms with Crippen molar-refractivity contribution in [1.29, 1.82) is 0 Å². The van der Waals surface area contributed by atoms with Gasteiger partial charge in [-0.05, 0) is 19.5 Å². The average Bonchev–Trinajstić information content (AvgIpc) is 1.82. The van der Waals surface area contributed by atoms with Crippen molar-refractivity contribution in [2.24, 2.45) is 0 Å². The van der Waals surface area contributed by atoms with E-state index in [-0.39, 0.29) is 0 Å². The van der Waals surface area contributed by atoms with Crippen molar-refractivity contribution in [3.8, 4) is 0 Å². The largest absolute Gasteiger partial charge is 0.406 e. The molecule has 1 atom stereocenters. The second-order valence-corrected chi connectivity index (χ2v) is 12.2. The van der Waals surface area contributed by atoms with Crippen molar-refractivity contribution < 1.29 is 4.43 Å². The third kappa shape index (κ3) is 4.40. The summed E-state index contributed by atoms with van der Waals surface area (Å²) in [6.45, 7) is 17.0. The van der Waals surface area contributed by atoms with Crippen LogP contribution in [0, 0.1) is 0 Å². The van der Waals surface area contributed by atoms with Crippen molar-refractivity contribution in [3.05, 3.63) is 0 Å². The first-order valence-corrected chi connectivity index (χ1v) is 10.8. The summed E-state index contributed by atoms with van der Waals surface area (Å²) in [4.78, 5) is 0. The Morgan fingerprint density at radius 2 is 1.77 bits per heavy atom. The Hall–Kier alpha value is 0.354. The third-order valence-electron chi connectivity index (χ3n) is 2.13. The number of hydrogen-bond donors (Lipinski definition) is 0. The molecule has 0 fully saturated rings. The van der Waals surface area contributed by atoms with Crippen molar-refractivity contribution in [1.82, 2.24) is 4.23 Å². The van der Waals surface area contributed by atoms with Gasteiger partial charge in [0.25, 0.3) is 0 Å². The van der Waals surface area contributed by atoms with E-state index in [0.29, 0.717) is 6.04 Å². The number of rotatable bonds is 5. The highest BCUT2D eigenvalue weighted by Gasteiger charge is 2.31. The lowest BCUT2D eigenvalue weighted by Gasteiger charge is -2.41. The van der Waals surface area contributed by atoms with E-state index in [1.807, 2.05) is 0 Å². The molecule has 0 rings (SSSR count). The molecule has 0 aromatic carbocycles. The van der Waals surface area contributed by atoms with Crippen LogP contribution >= 0.6 is 0 Å². The van der Waals surface area contributed by atoms with Crippen LogP contribution in [-0.4, -0.2) is 34.3 Å². The fraction of sp³-hybridized carbons (Fsp3) is 1.00. The van der Waals surface area contributed by atoms with E-state index in [2.05, 4.69) is 51.2 Å². The van der Waals surface area contributed by atoms with Gasteiger partial charge in [0.1, 0.15) is 8.24 Å². The number of hydrogen-bond acceptors (Lipinski definition) is 2. The van der Waals surface area contributed by atoms with Crippen LogP contribution < -0.4 is 0 Å². The lowest BCUT2D eigenvalue weighted by molar-refractivity contribution is 0.300. The van der Waals surface area contributed by atoms with E-state index in [1.54, 1.807) is 0 Å². The summed E-state index contributed by atoms with van der Waals surface area (Å²) in [6, 6.07) is 0.639. The molecule has 13 heavy (non-hydrogen) atoms. The smallest absolute Gasteiger partial charge is 0.245 e. The topological polar surface area (TPSA) is 12.5 Å². The molecule has 1 unspecified atom stereocenters. The van der Waals surface area contributed by atoms with Crippen molar-refractivity contribution in [2.45, 2.75) is 53.0 Å². The molecule has 0 heterocycles. The Kier molecular flexibility index (Phi) is 5.43. The van der Waals surface area contributed by atoms with Crippen LogP contribution in [0.15, 0.2) is 0 Å². The van der Waals surface area contributed by atoms with Gasteiger partial charge < -0.3 is 8.66 Å². The molecular formula is C9H25NOSi2. The van der Waals surface area contributed by atoms with Gasteiger partial charge in [-0.3, -0.25) is 0 Å². The highest BCUT2D eigenvalue weighted by molar-refractivity contribution is 6.81. The fourth-order valence-electron chi connectivity index (χ4n) is 2.06. The van der Waals surface area contributed by atoms with Gasteiger partial charge in [0.05, 0.1) is 0 Å². The van der Waals surface area contributed by atoms with Crippen molar-refractivity contribution >= 4 is 17.4 Å². The van der Waals surface area contributed by atoms with Crippen LogP contribution in [0.3, 0.4) is 0 Å². The van der Waals surface area contributed by atoms with Gasteiger partial charge in [-0.25, -0.2) is 0 Å². The van der Waals surface area contributed by atoms with Gasteiger partial charge >= 0.3 is 0 Å². The van der Waals surface area contributed by atoms with Gasteiger partial charge in [-0.15, -0.1) is 0 Å². The highest BCUT2D eigenvalue weighted by Crippen LogP contribution is 2.16. The van der Waals surface area contributed by atoms with Gasteiger partial charge in [-0.2, -0.15) is 0 Å². The zero-order valence-corrected chi connectivity index (χ0v) is 12.4. The summed E-state index contributed by atoms with van der Waals surface area (Å²) < 4.78 is 8.45. The molecule has 0 saturated carbocycles. The number of nitrogens with zero attached hydrogens (tertiary/aromatic N) is 1. The van der Waals surface area contributed by atoms with Gasteiger partial charge in [0.2, 0.25) is 9.20 Å². The second kappa shape index (κ2) is 5.29. The molecule has 0 aromatic rings. The lowest BCUT2D eigenvalue weighted by atomic mass is 10.4. The van der Waals surface area contributed by atoms with E-state index in [0.717, 1.165) is 6.61 Å². The molecule has 0 bridgehead atoms. The first kappa shape index (κ1) is 13.4. The summed E-state index contributed by atoms with van der Waals surface area (Å²) in [5.41, 5.74) is 0. The molecule has 0 aromatic heterocycles. The minimum atomic E-state index is -1.18. The summed E-state index contributed by atoms with van der Waals surface area (Å²) >= 11 is 0.